The van der Waals surface area contributed by atoms with E-state index in [1.165, 1.54) is 68.1 Å². The Morgan fingerprint density at radius 2 is 1.08 bits per heavy atom. The first-order valence-corrected chi connectivity index (χ1v) is 9.87. The quantitative estimate of drug-likeness (QED) is 0.681. The molecule has 1 saturated carbocycles. The minimum atomic E-state index is 0.282. The molecule has 0 atom stereocenters. The van der Waals surface area contributed by atoms with E-state index in [1.54, 1.807) is 0 Å². The fourth-order valence-corrected chi connectivity index (χ4v) is 3.95. The van der Waals surface area contributed by atoms with Gasteiger partial charge in [-0.2, -0.15) is 5.01 Å². The molecule has 2 aliphatic rings. The minimum Gasteiger partial charge on any atom is -0.177 e. The third kappa shape index (κ3) is 6.00. The Bertz CT molecular complexity index is 359. The maximum Gasteiger partial charge on any atom is 0.0920 e. The van der Waals surface area contributed by atoms with Crippen molar-refractivity contribution in [3.8, 4) is 0 Å². The highest BCUT2D eigenvalue weighted by Gasteiger charge is 2.29. The fraction of sp³-hybridized carbons (Fsp3) is 1.00. The van der Waals surface area contributed by atoms with Crippen molar-refractivity contribution in [1.29, 1.82) is 0 Å². The zero-order valence-corrected chi connectivity index (χ0v) is 14.9. The first-order chi connectivity index (χ1) is 11.9. The van der Waals surface area contributed by atoms with Crippen LogP contribution in [-0.2, 0) is 0 Å². The first kappa shape index (κ1) is 19.1. The predicted molar refractivity (Wildman–Crippen MR) is 95.3 cm³/mol. The number of nitrogens with zero attached hydrogens (tertiary/aromatic N) is 5. The summed E-state index contributed by atoms with van der Waals surface area (Å²) in [5, 5.41) is 10.7. The van der Waals surface area contributed by atoms with Gasteiger partial charge in [0.1, 0.15) is 0 Å². The van der Waals surface area contributed by atoms with Gasteiger partial charge in [0.25, 0.3) is 0 Å². The normalized spacial score (nSPS) is 24.3. The standard InChI is InChI=1S/C17H33N5O2/c23-18-21-16-12-8-4-7-11-15-20(22(21)19-24)17-13-9-5-2-1-3-6-10-14-17/h17H,1-16H2. The van der Waals surface area contributed by atoms with Crippen LogP contribution in [0.4, 0.5) is 0 Å². The molecular weight excluding hydrogens is 306 g/mol. The molecule has 0 aromatic rings. The fourth-order valence-electron chi connectivity index (χ4n) is 3.95. The average molecular weight is 339 g/mol. The van der Waals surface area contributed by atoms with Crippen LogP contribution in [0, 0.1) is 9.81 Å². The highest BCUT2D eigenvalue weighted by Crippen LogP contribution is 2.25. The summed E-state index contributed by atoms with van der Waals surface area (Å²) in [6.45, 7) is 1.25. The lowest BCUT2D eigenvalue weighted by atomic mass is 9.97. The molecule has 138 valence electrons. The summed E-state index contributed by atoms with van der Waals surface area (Å²) in [5.74, 6) is 0. The van der Waals surface area contributed by atoms with Crippen molar-refractivity contribution in [3.05, 3.63) is 9.81 Å². The van der Waals surface area contributed by atoms with Gasteiger partial charge in [0.15, 0.2) is 0 Å². The van der Waals surface area contributed by atoms with Crippen molar-refractivity contribution in [1.82, 2.24) is 15.4 Å². The lowest BCUT2D eigenvalue weighted by Crippen LogP contribution is -2.53. The number of hydrogen-bond acceptors (Lipinski definition) is 5. The molecule has 1 aliphatic heterocycles. The minimum absolute atomic E-state index is 0.282. The zero-order valence-electron chi connectivity index (χ0n) is 14.9. The van der Waals surface area contributed by atoms with Crippen molar-refractivity contribution in [2.45, 2.75) is 95.9 Å². The average Bonchev–Trinajstić information content (AvgIpc) is 2.62. The number of hydrazine groups is 2. The van der Waals surface area contributed by atoms with Gasteiger partial charge in [0, 0.05) is 12.6 Å². The Kier molecular flexibility index (Phi) is 9.02. The van der Waals surface area contributed by atoms with Crippen LogP contribution in [0.5, 0.6) is 0 Å². The van der Waals surface area contributed by atoms with Crippen molar-refractivity contribution in [2.24, 2.45) is 10.6 Å². The zero-order chi connectivity index (χ0) is 17.0. The van der Waals surface area contributed by atoms with Gasteiger partial charge in [-0.3, -0.25) is 0 Å². The van der Waals surface area contributed by atoms with Gasteiger partial charge in [-0.15, -0.1) is 14.9 Å². The predicted octanol–water partition coefficient (Wildman–Crippen LogP) is 4.94. The van der Waals surface area contributed by atoms with E-state index in [2.05, 4.69) is 10.6 Å². The Morgan fingerprint density at radius 3 is 1.62 bits per heavy atom. The maximum absolute atomic E-state index is 11.5. The van der Waals surface area contributed by atoms with E-state index < -0.39 is 0 Å². The molecule has 0 N–H and O–H groups in total. The summed E-state index contributed by atoms with van der Waals surface area (Å²) in [7, 11) is 0. The van der Waals surface area contributed by atoms with Crippen LogP contribution in [0.3, 0.4) is 0 Å². The Balaban J connectivity index is 2.10. The largest absolute Gasteiger partial charge is 0.177 e. The summed E-state index contributed by atoms with van der Waals surface area (Å²) in [6, 6.07) is 0.282. The van der Waals surface area contributed by atoms with Crippen LogP contribution in [0.2, 0.25) is 0 Å². The highest BCUT2D eigenvalue weighted by molar-refractivity contribution is 4.72. The number of rotatable bonds is 3. The van der Waals surface area contributed by atoms with Gasteiger partial charge in [0.2, 0.25) is 0 Å². The van der Waals surface area contributed by atoms with Crippen LogP contribution >= 0.6 is 0 Å². The summed E-state index contributed by atoms with van der Waals surface area (Å²) < 4.78 is 0. The molecule has 0 spiro atoms. The van der Waals surface area contributed by atoms with Crippen molar-refractivity contribution < 1.29 is 0 Å². The smallest absolute Gasteiger partial charge is 0.0920 e. The Morgan fingerprint density at radius 1 is 0.583 bits per heavy atom. The number of hydrogen-bond donors (Lipinski definition) is 0. The third-order valence-electron chi connectivity index (χ3n) is 5.35. The van der Waals surface area contributed by atoms with Gasteiger partial charge in [0.05, 0.1) is 17.1 Å². The van der Waals surface area contributed by atoms with E-state index in [1.807, 2.05) is 5.01 Å². The van der Waals surface area contributed by atoms with E-state index in [-0.39, 0.29) is 6.04 Å². The monoisotopic (exact) mass is 339 g/mol. The lowest BCUT2D eigenvalue weighted by molar-refractivity contribution is -0.212. The molecule has 7 nitrogen and oxygen atoms in total. The first-order valence-electron chi connectivity index (χ1n) is 9.87. The topological polar surface area (TPSA) is 68.6 Å². The van der Waals surface area contributed by atoms with Gasteiger partial charge in [-0.1, -0.05) is 69.4 Å². The van der Waals surface area contributed by atoms with Crippen LogP contribution in [0.15, 0.2) is 10.6 Å². The second-order valence-electron chi connectivity index (χ2n) is 7.16. The molecule has 1 heterocycles. The second kappa shape index (κ2) is 11.3. The highest BCUT2D eigenvalue weighted by atomic mass is 16.4. The van der Waals surface area contributed by atoms with Crippen molar-refractivity contribution in [2.75, 3.05) is 13.1 Å². The summed E-state index contributed by atoms with van der Waals surface area (Å²) in [6.07, 6.45) is 16.3. The summed E-state index contributed by atoms with van der Waals surface area (Å²) >= 11 is 0. The molecule has 7 heteroatoms. The van der Waals surface area contributed by atoms with E-state index >= 15 is 0 Å². The molecule has 0 aromatic heterocycles. The van der Waals surface area contributed by atoms with E-state index in [9.17, 15) is 9.81 Å². The molecule has 1 saturated heterocycles. The molecule has 1 aliphatic carbocycles. The van der Waals surface area contributed by atoms with Gasteiger partial charge in [-0.05, 0) is 25.7 Å². The van der Waals surface area contributed by atoms with E-state index in [0.29, 0.717) is 6.54 Å². The SMILES string of the molecule is O=NN1CCCCCCCN(C2CCCCCCCCC2)N1N=O. The van der Waals surface area contributed by atoms with Crippen LogP contribution < -0.4 is 0 Å². The molecule has 0 amide bonds. The second-order valence-corrected chi connectivity index (χ2v) is 7.16. The molecule has 0 aromatic carbocycles. The van der Waals surface area contributed by atoms with Crippen molar-refractivity contribution in [3.63, 3.8) is 0 Å². The number of nitroso groups, excluding NO2 is 2. The Labute approximate surface area is 145 Å². The van der Waals surface area contributed by atoms with Crippen LogP contribution in [0.1, 0.15) is 89.9 Å². The molecule has 0 bridgehead atoms. The molecular formula is C17H33N5O2. The van der Waals surface area contributed by atoms with Crippen LogP contribution in [-0.4, -0.2) is 34.5 Å². The maximum atomic E-state index is 11.5. The lowest BCUT2D eigenvalue weighted by Gasteiger charge is -2.39. The molecule has 0 unspecified atom stereocenters. The van der Waals surface area contributed by atoms with Crippen LogP contribution in [0.25, 0.3) is 0 Å². The third-order valence-corrected chi connectivity index (χ3v) is 5.35. The Hall–Kier alpha value is -1.24. The van der Waals surface area contributed by atoms with Gasteiger partial charge in [-0.25, -0.2) is 0 Å². The van der Waals surface area contributed by atoms with E-state index in [4.69, 9.17) is 0 Å². The van der Waals surface area contributed by atoms with Crippen molar-refractivity contribution >= 4 is 0 Å². The molecule has 2 fully saturated rings. The molecule has 0 radical (unpaired) electrons. The summed E-state index contributed by atoms with van der Waals surface area (Å²) in [4.78, 5) is 22.8. The summed E-state index contributed by atoms with van der Waals surface area (Å²) in [5.41, 5.74) is 0. The molecule has 24 heavy (non-hydrogen) atoms. The van der Waals surface area contributed by atoms with Gasteiger partial charge >= 0.3 is 0 Å². The molecule has 2 rings (SSSR count). The van der Waals surface area contributed by atoms with Gasteiger partial charge < -0.3 is 0 Å². The van der Waals surface area contributed by atoms with E-state index in [0.717, 1.165) is 38.6 Å².